The SMILES string of the molecule is C#CCOC[C@@H](O)CN(Cc1c(CC)nn(-c2ccccc2)c1Oc1ccccc1)C1CC1. The maximum Gasteiger partial charge on any atom is 0.227 e. The number of hydrogen-bond donors (Lipinski definition) is 1. The Balaban J connectivity index is 1.65. The average Bonchev–Trinajstić information content (AvgIpc) is 3.64. The first-order valence-electron chi connectivity index (χ1n) is 11.5. The highest BCUT2D eigenvalue weighted by molar-refractivity contribution is 5.43. The van der Waals surface area contributed by atoms with E-state index in [0.717, 1.165) is 42.0 Å². The second kappa shape index (κ2) is 11.2. The summed E-state index contributed by atoms with van der Waals surface area (Å²) in [6.07, 6.45) is 7.68. The topological polar surface area (TPSA) is 59.8 Å². The molecule has 1 aliphatic carbocycles. The summed E-state index contributed by atoms with van der Waals surface area (Å²) in [5.74, 6) is 3.92. The fraction of sp³-hybridized carbons (Fsp3) is 0.370. The summed E-state index contributed by atoms with van der Waals surface area (Å²) >= 11 is 0. The molecule has 4 rings (SSSR count). The van der Waals surface area contributed by atoms with Gasteiger partial charge in [0.05, 0.1) is 29.7 Å². The molecule has 0 amide bonds. The van der Waals surface area contributed by atoms with Crippen LogP contribution in [0.3, 0.4) is 0 Å². The van der Waals surface area contributed by atoms with E-state index in [0.29, 0.717) is 25.0 Å². The molecule has 0 radical (unpaired) electrons. The van der Waals surface area contributed by atoms with Crippen LogP contribution in [0.4, 0.5) is 0 Å². The molecule has 3 aromatic rings. The summed E-state index contributed by atoms with van der Waals surface area (Å²) in [7, 11) is 0. The molecule has 6 heteroatoms. The molecule has 1 atom stereocenters. The molecule has 33 heavy (non-hydrogen) atoms. The maximum absolute atomic E-state index is 10.5. The van der Waals surface area contributed by atoms with E-state index in [9.17, 15) is 5.11 Å². The molecular formula is C27H31N3O3. The number of aromatic nitrogens is 2. The minimum atomic E-state index is -0.605. The summed E-state index contributed by atoms with van der Waals surface area (Å²) in [6, 6.07) is 20.3. The van der Waals surface area contributed by atoms with Crippen molar-refractivity contribution in [2.75, 3.05) is 19.8 Å². The van der Waals surface area contributed by atoms with Crippen LogP contribution in [0.1, 0.15) is 31.0 Å². The summed E-state index contributed by atoms with van der Waals surface area (Å²) in [6.45, 7) is 3.70. The average molecular weight is 446 g/mol. The summed E-state index contributed by atoms with van der Waals surface area (Å²) in [5.41, 5.74) is 2.99. The summed E-state index contributed by atoms with van der Waals surface area (Å²) in [5, 5.41) is 15.5. The molecule has 0 aliphatic heterocycles. The standard InChI is InChI=1S/C27H31N3O3/c1-3-17-32-20-23(31)18-29(21-15-16-21)19-25-26(4-2)28-30(22-11-7-5-8-12-22)27(25)33-24-13-9-6-10-14-24/h1,5-14,21,23,31H,4,15-20H2,2H3/t23-/m0/s1. The van der Waals surface area contributed by atoms with E-state index in [1.165, 1.54) is 0 Å². The minimum absolute atomic E-state index is 0.208. The van der Waals surface area contributed by atoms with Gasteiger partial charge in [0.2, 0.25) is 5.88 Å². The van der Waals surface area contributed by atoms with E-state index in [1.807, 2.05) is 65.3 Å². The highest BCUT2D eigenvalue weighted by Crippen LogP contribution is 2.35. The minimum Gasteiger partial charge on any atom is -0.439 e. The van der Waals surface area contributed by atoms with E-state index in [4.69, 9.17) is 21.0 Å². The molecule has 2 aromatic carbocycles. The van der Waals surface area contributed by atoms with Crippen LogP contribution in [-0.2, 0) is 17.7 Å². The van der Waals surface area contributed by atoms with Gasteiger partial charge >= 0.3 is 0 Å². The number of benzene rings is 2. The third-order valence-corrected chi connectivity index (χ3v) is 5.68. The van der Waals surface area contributed by atoms with E-state index in [2.05, 4.69) is 17.7 Å². The first-order valence-corrected chi connectivity index (χ1v) is 11.5. The zero-order chi connectivity index (χ0) is 23.0. The third kappa shape index (κ3) is 6.02. The van der Waals surface area contributed by atoms with Crippen LogP contribution in [-0.4, -0.2) is 51.7 Å². The van der Waals surface area contributed by atoms with Gasteiger partial charge in [0.15, 0.2) is 0 Å². The molecular weight excluding hydrogens is 414 g/mol. The monoisotopic (exact) mass is 445 g/mol. The Kier molecular flexibility index (Phi) is 7.79. The quantitative estimate of drug-likeness (QED) is 0.334. The van der Waals surface area contributed by atoms with Crippen LogP contribution < -0.4 is 4.74 Å². The molecule has 1 saturated carbocycles. The maximum atomic E-state index is 10.5. The van der Waals surface area contributed by atoms with Gasteiger partial charge in [0.25, 0.3) is 0 Å². The second-order valence-electron chi connectivity index (χ2n) is 8.28. The Morgan fingerprint density at radius 1 is 1.15 bits per heavy atom. The van der Waals surface area contributed by atoms with E-state index >= 15 is 0 Å². The highest BCUT2D eigenvalue weighted by Gasteiger charge is 2.33. The normalized spacial score (nSPS) is 14.2. The molecule has 0 spiro atoms. The van der Waals surface area contributed by atoms with E-state index in [1.54, 1.807) is 0 Å². The number of aliphatic hydroxyl groups excluding tert-OH is 1. The Morgan fingerprint density at radius 2 is 1.85 bits per heavy atom. The van der Waals surface area contributed by atoms with Gasteiger partial charge in [-0.15, -0.1) is 6.42 Å². The first kappa shape index (κ1) is 23.1. The molecule has 1 aliphatic rings. The lowest BCUT2D eigenvalue weighted by Gasteiger charge is -2.25. The molecule has 1 aromatic heterocycles. The van der Waals surface area contributed by atoms with Crippen LogP contribution in [0.15, 0.2) is 60.7 Å². The zero-order valence-electron chi connectivity index (χ0n) is 19.1. The fourth-order valence-electron chi connectivity index (χ4n) is 3.93. The highest BCUT2D eigenvalue weighted by atomic mass is 16.5. The van der Waals surface area contributed by atoms with Crippen LogP contribution in [0.25, 0.3) is 5.69 Å². The Morgan fingerprint density at radius 3 is 2.48 bits per heavy atom. The van der Waals surface area contributed by atoms with Gasteiger partial charge in [0.1, 0.15) is 12.4 Å². The Hall–Kier alpha value is -3.11. The second-order valence-corrected chi connectivity index (χ2v) is 8.28. The fourth-order valence-corrected chi connectivity index (χ4v) is 3.93. The van der Waals surface area contributed by atoms with Crippen LogP contribution in [0.2, 0.25) is 0 Å². The van der Waals surface area contributed by atoms with Crippen molar-refractivity contribution in [3.8, 4) is 29.7 Å². The van der Waals surface area contributed by atoms with Gasteiger partial charge < -0.3 is 14.6 Å². The van der Waals surface area contributed by atoms with E-state index in [-0.39, 0.29) is 13.2 Å². The molecule has 0 unspecified atom stereocenters. The number of nitrogens with zero attached hydrogens (tertiary/aromatic N) is 3. The van der Waals surface area contributed by atoms with Crippen molar-refractivity contribution in [1.82, 2.24) is 14.7 Å². The predicted octanol–water partition coefficient (Wildman–Crippen LogP) is 4.20. The van der Waals surface area contributed by atoms with Crippen molar-refractivity contribution in [3.63, 3.8) is 0 Å². The number of ether oxygens (including phenoxy) is 2. The Labute approximate surface area is 195 Å². The number of para-hydroxylation sites is 2. The lowest BCUT2D eigenvalue weighted by atomic mass is 10.1. The molecule has 1 fully saturated rings. The van der Waals surface area contributed by atoms with Crippen molar-refractivity contribution >= 4 is 0 Å². The molecule has 0 bridgehead atoms. The molecule has 1 N–H and O–H groups in total. The van der Waals surface area contributed by atoms with Crippen molar-refractivity contribution in [2.24, 2.45) is 0 Å². The van der Waals surface area contributed by atoms with Gasteiger partial charge in [-0.1, -0.05) is 49.2 Å². The number of aliphatic hydroxyl groups is 1. The van der Waals surface area contributed by atoms with Gasteiger partial charge in [-0.25, -0.2) is 4.68 Å². The lowest BCUT2D eigenvalue weighted by Crippen LogP contribution is -2.36. The molecule has 6 nitrogen and oxygen atoms in total. The van der Waals surface area contributed by atoms with Crippen molar-refractivity contribution in [3.05, 3.63) is 71.9 Å². The van der Waals surface area contributed by atoms with Crippen molar-refractivity contribution in [1.29, 1.82) is 0 Å². The number of aryl methyl sites for hydroxylation is 1. The molecule has 1 heterocycles. The third-order valence-electron chi connectivity index (χ3n) is 5.68. The predicted molar refractivity (Wildman–Crippen MR) is 129 cm³/mol. The van der Waals surface area contributed by atoms with Crippen LogP contribution >= 0.6 is 0 Å². The van der Waals surface area contributed by atoms with Crippen molar-refractivity contribution < 1.29 is 14.6 Å². The van der Waals surface area contributed by atoms with Gasteiger partial charge in [-0.3, -0.25) is 4.90 Å². The largest absolute Gasteiger partial charge is 0.439 e. The van der Waals surface area contributed by atoms with Crippen molar-refractivity contribution in [2.45, 2.75) is 44.9 Å². The van der Waals surface area contributed by atoms with Gasteiger partial charge in [0, 0.05) is 19.1 Å². The van der Waals surface area contributed by atoms with E-state index < -0.39 is 6.10 Å². The smallest absolute Gasteiger partial charge is 0.227 e. The summed E-state index contributed by atoms with van der Waals surface area (Å²) < 4.78 is 13.7. The molecule has 0 saturated heterocycles. The number of hydrogen-bond acceptors (Lipinski definition) is 5. The first-order chi connectivity index (χ1) is 16.2. The Bertz CT molecular complexity index is 1060. The number of terminal acetylenes is 1. The summed E-state index contributed by atoms with van der Waals surface area (Å²) in [4.78, 5) is 2.31. The molecule has 172 valence electrons. The number of rotatable bonds is 12. The zero-order valence-corrected chi connectivity index (χ0v) is 19.1. The van der Waals surface area contributed by atoms with Gasteiger partial charge in [-0.05, 0) is 43.5 Å². The van der Waals surface area contributed by atoms with Gasteiger partial charge in [-0.2, -0.15) is 5.10 Å². The van der Waals surface area contributed by atoms with Crippen LogP contribution in [0, 0.1) is 12.3 Å². The lowest BCUT2D eigenvalue weighted by molar-refractivity contribution is 0.0240. The van der Waals surface area contributed by atoms with Crippen LogP contribution in [0.5, 0.6) is 11.6 Å².